The van der Waals surface area contributed by atoms with Crippen LogP contribution in [0.2, 0.25) is 0 Å². The Balaban J connectivity index is 3.14. The number of hydrogen-bond acceptors (Lipinski definition) is 0. The van der Waals surface area contributed by atoms with Gasteiger partial charge in [-0.2, -0.15) is 0 Å². The maximum Gasteiger partial charge on any atom is 0.275 e. The molecule has 0 radical (unpaired) electrons. The van der Waals surface area contributed by atoms with Crippen molar-refractivity contribution in [1.29, 1.82) is 0 Å². The zero-order chi connectivity index (χ0) is 10.9. The van der Waals surface area contributed by atoms with Gasteiger partial charge in [0.05, 0.1) is 0 Å². The molecule has 0 spiro atoms. The summed E-state index contributed by atoms with van der Waals surface area (Å²) in [7, 11) is 0. The molecule has 0 unspecified atom stereocenters. The van der Waals surface area contributed by atoms with E-state index in [9.17, 15) is 8.78 Å². The van der Waals surface area contributed by atoms with E-state index < -0.39 is 11.8 Å². The Morgan fingerprint density at radius 1 is 1.07 bits per heavy atom. The average molecular weight is 198 g/mol. The Bertz CT molecular complexity index is 327. The second-order valence-electron chi connectivity index (χ2n) is 4.08. The van der Waals surface area contributed by atoms with Gasteiger partial charge in [0, 0.05) is 11.5 Å². The molecule has 0 saturated carbocycles. The fraction of sp³-hybridized carbons (Fsp3) is 0.500. The van der Waals surface area contributed by atoms with E-state index in [-0.39, 0.29) is 5.56 Å². The van der Waals surface area contributed by atoms with Crippen LogP contribution < -0.4 is 0 Å². The number of halogens is 2. The molecule has 0 atom stereocenters. The first-order valence-electron chi connectivity index (χ1n) is 4.81. The smallest absolute Gasteiger partial charge is 0.201 e. The van der Waals surface area contributed by atoms with Gasteiger partial charge >= 0.3 is 0 Å². The second kappa shape index (κ2) is 3.68. The molecule has 0 aromatic heterocycles. The van der Waals surface area contributed by atoms with Gasteiger partial charge in [-0.1, -0.05) is 26.0 Å². The van der Waals surface area contributed by atoms with Crippen LogP contribution in [-0.2, 0) is 5.92 Å². The van der Waals surface area contributed by atoms with Crippen LogP contribution in [0.5, 0.6) is 0 Å². The molecule has 0 bridgehead atoms. The molecule has 0 heterocycles. The van der Waals surface area contributed by atoms with Crippen molar-refractivity contribution in [2.75, 3.05) is 0 Å². The lowest BCUT2D eigenvalue weighted by Gasteiger charge is -2.21. The van der Waals surface area contributed by atoms with E-state index in [0.717, 1.165) is 11.1 Å². The molecule has 1 aromatic carbocycles. The van der Waals surface area contributed by atoms with E-state index in [1.165, 1.54) is 19.9 Å². The van der Waals surface area contributed by atoms with Crippen LogP contribution in [0.1, 0.15) is 30.5 Å². The van der Waals surface area contributed by atoms with E-state index in [4.69, 9.17) is 0 Å². The van der Waals surface area contributed by atoms with Crippen molar-refractivity contribution in [3.63, 3.8) is 0 Å². The Hall–Kier alpha value is -0.920. The maximum absolute atomic E-state index is 13.6. The Morgan fingerprint density at radius 3 is 2.07 bits per heavy atom. The van der Waals surface area contributed by atoms with Crippen molar-refractivity contribution in [3.8, 4) is 0 Å². The van der Waals surface area contributed by atoms with Crippen LogP contribution >= 0.6 is 0 Å². The molecule has 0 nitrogen and oxygen atoms in total. The third-order valence-electron chi connectivity index (χ3n) is 2.62. The molecule has 0 fully saturated rings. The quantitative estimate of drug-likeness (QED) is 0.672. The summed E-state index contributed by atoms with van der Waals surface area (Å²) in [5.41, 5.74) is 2.09. The van der Waals surface area contributed by atoms with E-state index in [0.29, 0.717) is 0 Å². The zero-order valence-electron chi connectivity index (χ0n) is 9.07. The number of hydrogen-bond donors (Lipinski definition) is 0. The van der Waals surface area contributed by atoms with Crippen LogP contribution in [0.15, 0.2) is 18.2 Å². The molecule has 1 rings (SSSR count). The summed E-state index contributed by atoms with van der Waals surface area (Å²) in [6.07, 6.45) is 0. The Morgan fingerprint density at radius 2 is 1.64 bits per heavy atom. The third-order valence-corrected chi connectivity index (χ3v) is 2.62. The van der Waals surface area contributed by atoms with Crippen molar-refractivity contribution >= 4 is 0 Å². The average Bonchev–Trinajstić information content (AvgIpc) is 2.09. The van der Waals surface area contributed by atoms with Gasteiger partial charge in [-0.3, -0.25) is 0 Å². The lowest BCUT2D eigenvalue weighted by atomic mass is 9.95. The summed E-state index contributed by atoms with van der Waals surface area (Å²) >= 11 is 0. The molecule has 0 saturated heterocycles. The number of rotatable bonds is 2. The standard InChI is InChI=1S/C12H16F2/c1-8(2)12(13,14)11-6-5-9(3)10(4)7-11/h5-8H,1-4H3. The summed E-state index contributed by atoms with van der Waals surface area (Å²) in [5.74, 6) is -3.39. The molecule has 0 N–H and O–H groups in total. The van der Waals surface area contributed by atoms with Crippen LogP contribution in [0.25, 0.3) is 0 Å². The summed E-state index contributed by atoms with van der Waals surface area (Å²) in [4.78, 5) is 0. The first-order valence-corrected chi connectivity index (χ1v) is 4.81. The lowest BCUT2D eigenvalue weighted by Crippen LogP contribution is -2.21. The zero-order valence-corrected chi connectivity index (χ0v) is 9.07. The molecule has 14 heavy (non-hydrogen) atoms. The Labute approximate surface area is 84.0 Å². The van der Waals surface area contributed by atoms with Gasteiger partial charge in [0.25, 0.3) is 5.92 Å². The third kappa shape index (κ3) is 1.94. The number of alkyl halides is 2. The minimum atomic E-state index is -2.72. The van der Waals surface area contributed by atoms with Crippen LogP contribution in [0.4, 0.5) is 8.78 Å². The van der Waals surface area contributed by atoms with E-state index >= 15 is 0 Å². The molecule has 0 aliphatic rings. The minimum Gasteiger partial charge on any atom is -0.201 e. The Kier molecular flexibility index (Phi) is 2.93. The molecule has 2 heteroatoms. The molecule has 0 aliphatic heterocycles. The first-order chi connectivity index (χ1) is 6.35. The van der Waals surface area contributed by atoms with Gasteiger partial charge in [0.2, 0.25) is 0 Å². The predicted octanol–water partition coefficient (Wildman–Crippen LogP) is 4.05. The number of benzene rings is 1. The van der Waals surface area contributed by atoms with Crippen LogP contribution in [0, 0.1) is 19.8 Å². The summed E-state index contributed by atoms with van der Waals surface area (Å²) in [5, 5.41) is 0. The highest BCUT2D eigenvalue weighted by Gasteiger charge is 2.35. The van der Waals surface area contributed by atoms with Crippen molar-refractivity contribution in [2.24, 2.45) is 5.92 Å². The second-order valence-corrected chi connectivity index (χ2v) is 4.08. The molecule has 0 aliphatic carbocycles. The first kappa shape index (κ1) is 11.2. The minimum absolute atomic E-state index is 0.121. The normalized spacial score (nSPS) is 12.2. The summed E-state index contributed by atoms with van der Waals surface area (Å²) < 4.78 is 27.2. The van der Waals surface area contributed by atoms with E-state index in [1.807, 2.05) is 13.8 Å². The highest BCUT2D eigenvalue weighted by molar-refractivity contribution is 5.32. The summed E-state index contributed by atoms with van der Waals surface area (Å²) in [6, 6.07) is 4.85. The fourth-order valence-corrected chi connectivity index (χ4v) is 1.28. The van der Waals surface area contributed by atoms with Gasteiger partial charge in [-0.15, -0.1) is 0 Å². The van der Waals surface area contributed by atoms with Crippen LogP contribution in [-0.4, -0.2) is 0 Å². The highest BCUT2D eigenvalue weighted by Crippen LogP contribution is 2.36. The molecule has 1 aromatic rings. The van der Waals surface area contributed by atoms with Crippen molar-refractivity contribution in [1.82, 2.24) is 0 Å². The lowest BCUT2D eigenvalue weighted by molar-refractivity contribution is -0.0514. The molecular formula is C12H16F2. The molecule has 0 amide bonds. The van der Waals surface area contributed by atoms with Crippen molar-refractivity contribution in [3.05, 3.63) is 34.9 Å². The van der Waals surface area contributed by atoms with E-state index in [2.05, 4.69) is 0 Å². The molecule has 78 valence electrons. The van der Waals surface area contributed by atoms with Crippen LogP contribution in [0.3, 0.4) is 0 Å². The monoisotopic (exact) mass is 198 g/mol. The van der Waals surface area contributed by atoms with Gasteiger partial charge < -0.3 is 0 Å². The van der Waals surface area contributed by atoms with Gasteiger partial charge in [-0.25, -0.2) is 8.78 Å². The van der Waals surface area contributed by atoms with Gasteiger partial charge in [-0.05, 0) is 31.0 Å². The van der Waals surface area contributed by atoms with Gasteiger partial charge in [0.15, 0.2) is 0 Å². The predicted molar refractivity (Wildman–Crippen MR) is 54.6 cm³/mol. The fourth-order valence-electron chi connectivity index (χ4n) is 1.28. The molecular weight excluding hydrogens is 182 g/mol. The maximum atomic E-state index is 13.6. The summed E-state index contributed by atoms with van der Waals surface area (Å²) in [6.45, 7) is 6.85. The van der Waals surface area contributed by atoms with Crippen molar-refractivity contribution in [2.45, 2.75) is 33.6 Å². The van der Waals surface area contributed by atoms with Crippen molar-refractivity contribution < 1.29 is 8.78 Å². The van der Waals surface area contributed by atoms with Gasteiger partial charge in [0.1, 0.15) is 0 Å². The number of aryl methyl sites for hydroxylation is 2. The topological polar surface area (TPSA) is 0 Å². The van der Waals surface area contributed by atoms with E-state index in [1.54, 1.807) is 12.1 Å². The SMILES string of the molecule is Cc1ccc(C(F)(F)C(C)C)cc1C. The highest BCUT2D eigenvalue weighted by atomic mass is 19.3. The largest absolute Gasteiger partial charge is 0.275 e.